The van der Waals surface area contributed by atoms with Crippen molar-refractivity contribution < 1.29 is 34.1 Å². The number of rotatable bonds is 12. The average Bonchev–Trinajstić information content (AvgIpc) is 3.07. The third kappa shape index (κ3) is 8.30. The Morgan fingerprint density at radius 1 is 1.00 bits per heavy atom. The second-order valence-corrected chi connectivity index (χ2v) is 13.4. The first kappa shape index (κ1) is 37.2. The number of aliphatic hydroxyl groups is 1. The number of methoxy groups -OCH3 is 1. The van der Waals surface area contributed by atoms with Gasteiger partial charge in [0.05, 0.1) is 18.3 Å². The van der Waals surface area contributed by atoms with E-state index in [2.05, 4.69) is 22.5 Å². The topological polar surface area (TPSA) is 149 Å². The van der Waals surface area contributed by atoms with Gasteiger partial charge in [-0.05, 0) is 61.9 Å². The smallest absolute Gasteiger partial charge is 0.335 e. The van der Waals surface area contributed by atoms with Crippen LogP contribution in [0.5, 0.6) is 5.75 Å². The Balaban J connectivity index is 0.00000520. The number of carboxylic acid groups (broad SMARTS) is 1. The van der Waals surface area contributed by atoms with Crippen molar-refractivity contribution in [1.82, 2.24) is 20.4 Å². The number of unbranched alkanes of at least 4 members (excludes halogenated alkanes) is 1. The minimum absolute atomic E-state index is 0. The van der Waals surface area contributed by atoms with Crippen LogP contribution in [0.2, 0.25) is 0 Å². The molecule has 3 aliphatic rings. The number of carbonyl (C=O) groups is 4. The van der Waals surface area contributed by atoms with Crippen LogP contribution in [0.15, 0.2) is 42.5 Å². The molecule has 0 aromatic heterocycles. The third-order valence-electron chi connectivity index (χ3n) is 10.2. The van der Waals surface area contributed by atoms with Crippen molar-refractivity contribution in [2.24, 2.45) is 0 Å². The molecule has 1 atom stereocenters. The van der Waals surface area contributed by atoms with Gasteiger partial charge in [-0.1, -0.05) is 50.8 Å². The van der Waals surface area contributed by atoms with Crippen molar-refractivity contribution in [2.45, 2.75) is 101 Å². The summed E-state index contributed by atoms with van der Waals surface area (Å²) in [6.07, 6.45) is 7.46. The molecule has 1 saturated carbocycles. The van der Waals surface area contributed by atoms with Gasteiger partial charge in [-0.15, -0.1) is 12.4 Å². The van der Waals surface area contributed by atoms with E-state index in [1.54, 1.807) is 18.2 Å². The van der Waals surface area contributed by atoms with Gasteiger partial charge >= 0.3 is 5.97 Å². The van der Waals surface area contributed by atoms with E-state index in [9.17, 15) is 29.4 Å². The zero-order valence-electron chi connectivity index (χ0n) is 28.0. The van der Waals surface area contributed by atoms with Crippen LogP contribution in [0.1, 0.15) is 103 Å². The van der Waals surface area contributed by atoms with Crippen LogP contribution in [0, 0.1) is 0 Å². The van der Waals surface area contributed by atoms with Crippen molar-refractivity contribution in [2.75, 3.05) is 26.7 Å². The number of aromatic carboxylic acids is 1. The Morgan fingerprint density at radius 2 is 1.67 bits per heavy atom. The predicted octanol–water partition coefficient (Wildman–Crippen LogP) is 4.29. The minimum Gasteiger partial charge on any atom is -0.496 e. The molecule has 2 aliphatic heterocycles. The SMILES string of the molecule is CCCCN1C(=O)[C@@H](CC2(O)CCCCC2)NC(=O)C12CCN(Cc1ccc(C(=O)NCc3ccc(C(=O)O)cc3OC)cc1)CC2.Cl. The number of carbonyl (C=O) groups excluding carboxylic acids is 3. The number of halogens is 1. The monoisotopic (exact) mass is 684 g/mol. The summed E-state index contributed by atoms with van der Waals surface area (Å²) in [6.45, 7) is 4.78. The molecule has 1 spiro atoms. The fourth-order valence-electron chi connectivity index (χ4n) is 7.35. The van der Waals surface area contributed by atoms with Crippen LogP contribution in [-0.2, 0) is 22.7 Å². The van der Waals surface area contributed by atoms with Gasteiger partial charge in [-0.3, -0.25) is 19.3 Å². The van der Waals surface area contributed by atoms with Crippen LogP contribution in [0.3, 0.4) is 0 Å². The van der Waals surface area contributed by atoms with E-state index in [0.717, 1.165) is 37.7 Å². The first-order valence-electron chi connectivity index (χ1n) is 16.9. The second-order valence-electron chi connectivity index (χ2n) is 13.4. The summed E-state index contributed by atoms with van der Waals surface area (Å²) in [5.74, 6) is -1.07. The fourth-order valence-corrected chi connectivity index (χ4v) is 7.35. The highest BCUT2D eigenvalue weighted by molar-refractivity contribution is 6.00. The summed E-state index contributed by atoms with van der Waals surface area (Å²) in [4.78, 5) is 55.8. The first-order valence-corrected chi connectivity index (χ1v) is 16.9. The van der Waals surface area contributed by atoms with E-state index < -0.39 is 23.2 Å². The average molecular weight is 685 g/mol. The molecule has 2 aromatic rings. The number of ether oxygens (including phenoxy) is 1. The summed E-state index contributed by atoms with van der Waals surface area (Å²) in [5.41, 5.74) is 0.562. The summed E-state index contributed by atoms with van der Waals surface area (Å²) in [7, 11) is 1.46. The van der Waals surface area contributed by atoms with E-state index in [1.807, 2.05) is 17.0 Å². The van der Waals surface area contributed by atoms with E-state index >= 15 is 0 Å². The number of hydrogen-bond acceptors (Lipinski definition) is 7. The van der Waals surface area contributed by atoms with E-state index in [1.165, 1.54) is 19.2 Å². The maximum Gasteiger partial charge on any atom is 0.335 e. The van der Waals surface area contributed by atoms with E-state index in [4.69, 9.17) is 4.74 Å². The van der Waals surface area contributed by atoms with Gasteiger partial charge in [-0.2, -0.15) is 0 Å². The van der Waals surface area contributed by atoms with Gasteiger partial charge < -0.3 is 30.5 Å². The summed E-state index contributed by atoms with van der Waals surface area (Å²) in [6, 6.07) is 11.3. The largest absolute Gasteiger partial charge is 0.496 e. The highest BCUT2D eigenvalue weighted by Crippen LogP contribution is 2.37. The molecule has 3 fully saturated rings. The van der Waals surface area contributed by atoms with Crippen molar-refractivity contribution in [3.05, 3.63) is 64.7 Å². The van der Waals surface area contributed by atoms with Gasteiger partial charge in [0.1, 0.15) is 17.3 Å². The molecule has 2 aromatic carbocycles. The van der Waals surface area contributed by atoms with Gasteiger partial charge in [0.15, 0.2) is 0 Å². The third-order valence-corrected chi connectivity index (χ3v) is 10.2. The minimum atomic E-state index is -1.05. The molecule has 11 nitrogen and oxygen atoms in total. The van der Waals surface area contributed by atoms with Crippen molar-refractivity contribution in [1.29, 1.82) is 0 Å². The van der Waals surface area contributed by atoms with E-state index in [-0.39, 0.29) is 48.7 Å². The lowest BCUT2D eigenvalue weighted by atomic mass is 9.77. The lowest BCUT2D eigenvalue weighted by molar-refractivity contribution is -0.163. The first-order chi connectivity index (χ1) is 22.6. The van der Waals surface area contributed by atoms with Crippen LogP contribution in [0.25, 0.3) is 0 Å². The number of piperazine rings is 1. The molecule has 5 rings (SSSR count). The molecule has 0 unspecified atom stereocenters. The number of hydrogen-bond donors (Lipinski definition) is 4. The lowest BCUT2D eigenvalue weighted by Gasteiger charge is -2.52. The summed E-state index contributed by atoms with van der Waals surface area (Å²) in [5, 5.41) is 26.3. The molecular formula is C36H49ClN4O7. The Bertz CT molecular complexity index is 1450. The normalized spacial score (nSPS) is 20.5. The lowest BCUT2D eigenvalue weighted by Crippen LogP contribution is -2.73. The summed E-state index contributed by atoms with van der Waals surface area (Å²) >= 11 is 0. The second kappa shape index (κ2) is 16.2. The molecular weight excluding hydrogens is 636 g/mol. The number of likely N-dealkylation sites (tertiary alicyclic amines) is 1. The molecule has 48 heavy (non-hydrogen) atoms. The maximum absolute atomic E-state index is 13.8. The standard InChI is InChI=1S/C36H48N4O7.ClH/c1-3-4-18-40-32(42)29(22-35(46)14-6-5-7-15-35)38-34(45)36(40)16-19-39(20-17-36)24-25-8-10-26(11-9-25)31(41)37-23-28-13-12-27(33(43)44)21-30(28)47-2;/h8-13,21,29,46H,3-7,14-20,22-24H2,1-2H3,(H,37,41)(H,38,45)(H,43,44);1H/t29-;/m1./s1. The highest BCUT2D eigenvalue weighted by atomic mass is 35.5. The fraction of sp³-hybridized carbons (Fsp3) is 0.556. The molecule has 0 radical (unpaired) electrons. The quantitative estimate of drug-likeness (QED) is 0.259. The molecule has 12 heteroatoms. The van der Waals surface area contributed by atoms with Gasteiger partial charge in [0.25, 0.3) is 5.91 Å². The van der Waals surface area contributed by atoms with Crippen LogP contribution < -0.4 is 15.4 Å². The molecule has 2 heterocycles. The highest BCUT2D eigenvalue weighted by Gasteiger charge is 2.54. The molecule has 0 bridgehead atoms. The molecule has 1 aliphatic carbocycles. The number of piperidine rings is 1. The number of amides is 3. The Labute approximate surface area is 288 Å². The van der Waals surface area contributed by atoms with Crippen LogP contribution in [-0.4, -0.2) is 87.6 Å². The number of carboxylic acids is 1. The zero-order valence-corrected chi connectivity index (χ0v) is 28.8. The Hall–Kier alpha value is -3.67. The van der Waals surface area contributed by atoms with Gasteiger partial charge in [-0.25, -0.2) is 4.79 Å². The molecule has 3 amide bonds. The summed E-state index contributed by atoms with van der Waals surface area (Å²) < 4.78 is 5.30. The van der Waals surface area contributed by atoms with Gasteiger partial charge in [0, 0.05) is 50.3 Å². The van der Waals surface area contributed by atoms with Gasteiger partial charge in [0.2, 0.25) is 11.8 Å². The maximum atomic E-state index is 13.8. The van der Waals surface area contributed by atoms with Crippen molar-refractivity contribution in [3.8, 4) is 5.75 Å². The van der Waals surface area contributed by atoms with E-state index in [0.29, 0.717) is 68.7 Å². The van der Waals surface area contributed by atoms with Crippen molar-refractivity contribution in [3.63, 3.8) is 0 Å². The zero-order chi connectivity index (χ0) is 33.6. The Kier molecular flexibility index (Phi) is 12.5. The molecule has 4 N–H and O–H groups in total. The van der Waals surface area contributed by atoms with Crippen molar-refractivity contribution >= 4 is 36.1 Å². The Morgan fingerprint density at radius 3 is 2.29 bits per heavy atom. The number of nitrogens with zero attached hydrogens (tertiary/aromatic N) is 2. The van der Waals surface area contributed by atoms with Crippen LogP contribution in [0.4, 0.5) is 0 Å². The molecule has 262 valence electrons. The van der Waals surface area contributed by atoms with Crippen LogP contribution >= 0.6 is 12.4 Å². The number of nitrogens with one attached hydrogen (secondary N) is 2. The number of benzene rings is 2. The predicted molar refractivity (Wildman–Crippen MR) is 183 cm³/mol. The molecule has 2 saturated heterocycles.